The number of nitriles is 1. The summed E-state index contributed by atoms with van der Waals surface area (Å²) in [6.45, 7) is 7.62. The molecule has 7 heteroatoms. The second kappa shape index (κ2) is 6.75. The van der Waals surface area contributed by atoms with Crippen LogP contribution >= 0.6 is 0 Å². The summed E-state index contributed by atoms with van der Waals surface area (Å²) in [5.74, 6) is 2.30. The number of aryl methyl sites for hydroxylation is 1. The van der Waals surface area contributed by atoms with Gasteiger partial charge in [0.05, 0.1) is 17.7 Å². The van der Waals surface area contributed by atoms with E-state index in [1.54, 1.807) is 12.3 Å². The van der Waals surface area contributed by atoms with Crippen LogP contribution < -0.4 is 4.90 Å². The van der Waals surface area contributed by atoms with Crippen molar-refractivity contribution in [3.05, 3.63) is 35.6 Å². The molecular weight excluding hydrogens is 292 g/mol. The van der Waals surface area contributed by atoms with Gasteiger partial charge in [-0.05, 0) is 19.1 Å². The van der Waals surface area contributed by atoms with Crippen LogP contribution in [0.2, 0.25) is 0 Å². The molecule has 1 saturated heterocycles. The van der Waals surface area contributed by atoms with Crippen molar-refractivity contribution in [1.29, 1.82) is 5.26 Å². The molecule has 1 atom stereocenters. The molecule has 0 bridgehead atoms. The van der Waals surface area contributed by atoms with E-state index in [2.05, 4.69) is 37.9 Å². The molecule has 23 heavy (non-hydrogen) atoms. The fourth-order valence-corrected chi connectivity index (χ4v) is 2.74. The van der Waals surface area contributed by atoms with E-state index in [0.29, 0.717) is 11.5 Å². The largest absolute Gasteiger partial charge is 0.354 e. The highest BCUT2D eigenvalue weighted by Crippen LogP contribution is 2.22. The van der Waals surface area contributed by atoms with Crippen molar-refractivity contribution in [3.8, 4) is 6.07 Å². The molecule has 2 aromatic rings. The molecule has 2 aromatic heterocycles. The van der Waals surface area contributed by atoms with Crippen LogP contribution in [0.3, 0.4) is 0 Å². The predicted molar refractivity (Wildman–Crippen MR) is 84.8 cm³/mol. The molecule has 1 fully saturated rings. The van der Waals surface area contributed by atoms with Gasteiger partial charge in [0.15, 0.2) is 5.82 Å². The number of pyridine rings is 1. The molecule has 120 valence electrons. The zero-order valence-electron chi connectivity index (χ0n) is 13.4. The molecule has 1 aliphatic rings. The highest BCUT2D eigenvalue weighted by atomic mass is 16.5. The smallest absolute Gasteiger partial charge is 0.243 e. The Labute approximate surface area is 135 Å². The number of aromatic nitrogens is 3. The number of anilines is 1. The van der Waals surface area contributed by atoms with Crippen molar-refractivity contribution in [2.75, 3.05) is 31.1 Å². The summed E-state index contributed by atoms with van der Waals surface area (Å²) in [6, 6.07) is 5.84. The maximum absolute atomic E-state index is 9.00. The monoisotopic (exact) mass is 312 g/mol. The Morgan fingerprint density at radius 3 is 2.78 bits per heavy atom. The Bertz CT molecular complexity index is 699. The van der Waals surface area contributed by atoms with Gasteiger partial charge in [-0.25, -0.2) is 4.98 Å². The van der Waals surface area contributed by atoms with Crippen LogP contribution in [-0.4, -0.2) is 46.2 Å². The van der Waals surface area contributed by atoms with Gasteiger partial charge >= 0.3 is 0 Å². The lowest BCUT2D eigenvalue weighted by molar-refractivity contribution is 0.164. The lowest BCUT2D eigenvalue weighted by atomic mass is 10.2. The van der Waals surface area contributed by atoms with Gasteiger partial charge in [0.25, 0.3) is 0 Å². The molecular formula is C16H20N6O. The van der Waals surface area contributed by atoms with E-state index in [-0.39, 0.29) is 6.04 Å². The minimum atomic E-state index is 0.114. The summed E-state index contributed by atoms with van der Waals surface area (Å²) in [4.78, 5) is 13.3. The van der Waals surface area contributed by atoms with Crippen molar-refractivity contribution < 1.29 is 4.52 Å². The van der Waals surface area contributed by atoms with Crippen molar-refractivity contribution >= 4 is 5.82 Å². The molecule has 0 aliphatic carbocycles. The van der Waals surface area contributed by atoms with Crippen LogP contribution in [0, 0.1) is 11.3 Å². The predicted octanol–water partition coefficient (Wildman–Crippen LogP) is 1.78. The summed E-state index contributed by atoms with van der Waals surface area (Å²) in [6.07, 6.45) is 2.47. The number of rotatable bonds is 4. The maximum Gasteiger partial charge on any atom is 0.243 e. The van der Waals surface area contributed by atoms with Gasteiger partial charge in [0.1, 0.15) is 5.82 Å². The quantitative estimate of drug-likeness (QED) is 0.851. The molecule has 0 N–H and O–H groups in total. The third-order valence-corrected chi connectivity index (χ3v) is 4.22. The van der Waals surface area contributed by atoms with E-state index in [9.17, 15) is 0 Å². The minimum absolute atomic E-state index is 0.114. The summed E-state index contributed by atoms with van der Waals surface area (Å²) in [7, 11) is 0. The number of hydrogen-bond donors (Lipinski definition) is 0. The first kappa shape index (κ1) is 15.4. The minimum Gasteiger partial charge on any atom is -0.354 e. The molecule has 0 radical (unpaired) electrons. The lowest BCUT2D eigenvalue weighted by Gasteiger charge is -2.37. The standard InChI is InChI=1S/C16H20N6O/c1-3-14-19-16(23-20-14)12(2)21-6-8-22(9-7-21)15-10-13(11-17)4-5-18-15/h4-5,10,12H,3,6-9H2,1-2H3/t12-/m1/s1. The van der Waals surface area contributed by atoms with Crippen LogP contribution in [-0.2, 0) is 6.42 Å². The summed E-state index contributed by atoms with van der Waals surface area (Å²) < 4.78 is 5.35. The second-order valence-electron chi connectivity index (χ2n) is 5.62. The van der Waals surface area contributed by atoms with Crippen molar-refractivity contribution in [2.45, 2.75) is 26.3 Å². The first-order valence-corrected chi connectivity index (χ1v) is 7.89. The van der Waals surface area contributed by atoms with E-state index in [4.69, 9.17) is 9.78 Å². The molecule has 0 saturated carbocycles. The number of nitrogens with zero attached hydrogens (tertiary/aromatic N) is 6. The van der Waals surface area contributed by atoms with E-state index >= 15 is 0 Å². The first-order chi connectivity index (χ1) is 11.2. The van der Waals surface area contributed by atoms with E-state index in [1.807, 2.05) is 13.0 Å². The highest BCUT2D eigenvalue weighted by Gasteiger charge is 2.26. The van der Waals surface area contributed by atoms with Crippen molar-refractivity contribution in [2.24, 2.45) is 0 Å². The first-order valence-electron chi connectivity index (χ1n) is 7.89. The Kier molecular flexibility index (Phi) is 4.53. The van der Waals surface area contributed by atoms with Crippen LogP contribution in [0.4, 0.5) is 5.82 Å². The Morgan fingerprint density at radius 2 is 2.13 bits per heavy atom. The Balaban J connectivity index is 1.62. The summed E-state index contributed by atoms with van der Waals surface area (Å²) in [5, 5.41) is 13.0. The summed E-state index contributed by atoms with van der Waals surface area (Å²) in [5.41, 5.74) is 0.642. The molecule has 0 spiro atoms. The molecule has 0 aromatic carbocycles. The third kappa shape index (κ3) is 3.32. The maximum atomic E-state index is 9.00. The molecule has 7 nitrogen and oxygen atoms in total. The fourth-order valence-electron chi connectivity index (χ4n) is 2.74. The Hall–Kier alpha value is -2.46. The molecule has 3 rings (SSSR count). The van der Waals surface area contributed by atoms with Crippen LogP contribution in [0.1, 0.15) is 37.2 Å². The van der Waals surface area contributed by atoms with Gasteiger partial charge in [-0.2, -0.15) is 10.2 Å². The molecule has 0 amide bonds. The van der Waals surface area contributed by atoms with Crippen molar-refractivity contribution in [1.82, 2.24) is 20.0 Å². The van der Waals surface area contributed by atoms with Gasteiger partial charge in [-0.3, -0.25) is 4.90 Å². The van der Waals surface area contributed by atoms with Gasteiger partial charge < -0.3 is 9.42 Å². The SMILES string of the molecule is CCc1noc([C@@H](C)N2CCN(c3cc(C#N)ccn3)CC2)n1. The van der Waals surface area contributed by atoms with E-state index in [1.165, 1.54) is 0 Å². The third-order valence-electron chi connectivity index (χ3n) is 4.22. The highest BCUT2D eigenvalue weighted by molar-refractivity contribution is 5.45. The summed E-state index contributed by atoms with van der Waals surface area (Å²) >= 11 is 0. The average molecular weight is 312 g/mol. The second-order valence-corrected chi connectivity index (χ2v) is 5.62. The van der Waals surface area contributed by atoms with E-state index < -0.39 is 0 Å². The van der Waals surface area contributed by atoms with Crippen LogP contribution in [0.5, 0.6) is 0 Å². The number of piperazine rings is 1. The van der Waals surface area contributed by atoms with Gasteiger partial charge in [0.2, 0.25) is 5.89 Å². The van der Waals surface area contributed by atoms with E-state index in [0.717, 1.165) is 44.2 Å². The molecule has 0 unspecified atom stereocenters. The molecule has 1 aliphatic heterocycles. The van der Waals surface area contributed by atoms with Gasteiger partial charge in [-0.1, -0.05) is 12.1 Å². The zero-order valence-corrected chi connectivity index (χ0v) is 13.4. The average Bonchev–Trinajstić information content (AvgIpc) is 3.10. The lowest BCUT2D eigenvalue weighted by Crippen LogP contribution is -2.47. The van der Waals surface area contributed by atoms with Gasteiger partial charge in [-0.15, -0.1) is 0 Å². The number of hydrogen-bond acceptors (Lipinski definition) is 7. The zero-order chi connectivity index (χ0) is 16.2. The normalized spacial score (nSPS) is 17.0. The Morgan fingerprint density at radius 1 is 1.35 bits per heavy atom. The topological polar surface area (TPSA) is 82.1 Å². The molecule has 3 heterocycles. The fraction of sp³-hybridized carbons (Fsp3) is 0.500. The van der Waals surface area contributed by atoms with Crippen molar-refractivity contribution in [3.63, 3.8) is 0 Å². The van der Waals surface area contributed by atoms with Gasteiger partial charge in [0, 0.05) is 38.8 Å². The van der Waals surface area contributed by atoms with Crippen LogP contribution in [0.25, 0.3) is 0 Å². The van der Waals surface area contributed by atoms with Crippen LogP contribution in [0.15, 0.2) is 22.9 Å².